The second-order valence-electron chi connectivity index (χ2n) is 10.7. The van der Waals surface area contributed by atoms with E-state index in [-0.39, 0.29) is 27.9 Å². The molecule has 2 aliphatic rings. The first-order valence-electron chi connectivity index (χ1n) is 12.8. The van der Waals surface area contributed by atoms with E-state index in [1.807, 2.05) is 18.7 Å². The number of halogens is 4. The highest BCUT2D eigenvalue weighted by Crippen LogP contribution is 2.46. The molecule has 0 unspecified atom stereocenters. The molecule has 1 saturated heterocycles. The van der Waals surface area contributed by atoms with Gasteiger partial charge < -0.3 is 10.2 Å². The number of fused-ring (bicyclic) bond motifs is 1. The molecule has 9 nitrogen and oxygen atoms in total. The van der Waals surface area contributed by atoms with Crippen molar-refractivity contribution in [3.05, 3.63) is 23.0 Å². The Bertz CT molecular complexity index is 1440. The first-order valence-corrected chi connectivity index (χ1v) is 15.1. The first-order chi connectivity index (χ1) is 18.4. The van der Waals surface area contributed by atoms with Crippen LogP contribution in [-0.4, -0.2) is 65.6 Å². The monoisotopic (exact) mass is 589 g/mol. The predicted molar refractivity (Wildman–Crippen MR) is 140 cm³/mol. The SMILES string of the molecule is CC(C)[C@@H](NS(=O)(=O)c1cc(N2C[C@H](C)N[C@@H](C)C2)c2nc(C3CC3)c(-c3nnc(C(F)F)s3)n2c1)C(F)F. The Morgan fingerprint density at radius 1 is 1.10 bits per heavy atom. The number of sulfonamides is 1. The molecule has 1 aliphatic carbocycles. The molecule has 0 spiro atoms. The van der Waals surface area contributed by atoms with E-state index in [0.717, 1.165) is 24.2 Å². The average Bonchev–Trinajstić information content (AvgIpc) is 3.44. The number of rotatable bonds is 9. The number of hydrogen-bond donors (Lipinski definition) is 2. The highest BCUT2D eigenvalue weighted by atomic mass is 32.2. The van der Waals surface area contributed by atoms with Gasteiger partial charge >= 0.3 is 0 Å². The van der Waals surface area contributed by atoms with Gasteiger partial charge in [0.2, 0.25) is 10.0 Å². The van der Waals surface area contributed by atoms with Crippen molar-refractivity contribution in [3.63, 3.8) is 0 Å². The largest absolute Gasteiger partial charge is 0.365 e. The van der Waals surface area contributed by atoms with E-state index < -0.39 is 39.8 Å². The molecule has 0 bridgehead atoms. The number of hydrogen-bond acceptors (Lipinski definition) is 8. The van der Waals surface area contributed by atoms with E-state index in [2.05, 4.69) is 20.2 Å². The summed E-state index contributed by atoms with van der Waals surface area (Å²) in [7, 11) is -4.41. The van der Waals surface area contributed by atoms with Crippen molar-refractivity contribution in [2.75, 3.05) is 18.0 Å². The predicted octanol–water partition coefficient (Wildman–Crippen LogP) is 4.42. The van der Waals surface area contributed by atoms with Crippen molar-refractivity contribution >= 4 is 32.7 Å². The van der Waals surface area contributed by atoms with E-state index in [9.17, 15) is 26.0 Å². The molecule has 1 aliphatic heterocycles. The summed E-state index contributed by atoms with van der Waals surface area (Å²) in [5.41, 5.74) is 2.01. The second kappa shape index (κ2) is 10.6. The van der Waals surface area contributed by atoms with Gasteiger partial charge in [0.15, 0.2) is 15.7 Å². The topological polar surface area (TPSA) is 105 Å². The second-order valence-corrected chi connectivity index (χ2v) is 13.4. The fourth-order valence-electron chi connectivity index (χ4n) is 5.02. The zero-order chi connectivity index (χ0) is 28.2. The van der Waals surface area contributed by atoms with Crippen LogP contribution in [-0.2, 0) is 10.0 Å². The lowest BCUT2D eigenvalue weighted by atomic mass is 10.1. The number of piperazine rings is 1. The summed E-state index contributed by atoms with van der Waals surface area (Å²) in [5, 5.41) is 10.8. The summed E-state index contributed by atoms with van der Waals surface area (Å²) < 4.78 is 85.0. The van der Waals surface area contributed by atoms with Gasteiger partial charge in [-0.25, -0.2) is 35.7 Å². The molecular formula is C24H31F4N7O2S2. The van der Waals surface area contributed by atoms with Gasteiger partial charge in [-0.15, -0.1) is 10.2 Å². The number of nitrogens with one attached hydrogen (secondary N) is 2. The number of aromatic nitrogens is 4. The summed E-state index contributed by atoms with van der Waals surface area (Å²) in [4.78, 5) is 6.68. The van der Waals surface area contributed by atoms with Crippen LogP contribution in [0.25, 0.3) is 16.3 Å². The lowest BCUT2D eigenvalue weighted by molar-refractivity contribution is 0.0880. The molecule has 0 radical (unpaired) electrons. The van der Waals surface area contributed by atoms with Gasteiger partial charge in [0.25, 0.3) is 12.9 Å². The Kier molecular flexibility index (Phi) is 7.63. The van der Waals surface area contributed by atoms with Crippen molar-refractivity contribution < 1.29 is 26.0 Å². The van der Waals surface area contributed by atoms with Crippen LogP contribution < -0.4 is 14.9 Å². The standard InChI is InChI=1S/C24H31F4N7O2S2/c1-11(2)17(20(25)26)33-39(36,37)15-7-16(34-8-12(3)29-13(4)9-34)22-30-18(14-5-6-14)19(35(22)10-15)23-31-32-24(38-23)21(27)28/h7,10-14,17,20-21,29,33H,5-6,8-9H2,1-4H3/t12-,13-,17+/m0/s1. The molecule has 1 saturated carbocycles. The molecule has 4 heterocycles. The van der Waals surface area contributed by atoms with Gasteiger partial charge in [0.1, 0.15) is 10.6 Å². The summed E-state index contributed by atoms with van der Waals surface area (Å²) in [6, 6.07) is 0.0500. The van der Waals surface area contributed by atoms with Crippen LogP contribution in [0.2, 0.25) is 0 Å². The van der Waals surface area contributed by atoms with E-state index in [1.54, 1.807) is 4.40 Å². The molecule has 2 fully saturated rings. The lowest BCUT2D eigenvalue weighted by Crippen LogP contribution is -2.54. The summed E-state index contributed by atoms with van der Waals surface area (Å²) >= 11 is 0.726. The van der Waals surface area contributed by atoms with Crippen molar-refractivity contribution in [3.8, 4) is 10.7 Å². The van der Waals surface area contributed by atoms with Gasteiger partial charge in [-0.1, -0.05) is 25.2 Å². The molecule has 0 amide bonds. The van der Waals surface area contributed by atoms with Gasteiger partial charge in [0, 0.05) is 37.3 Å². The number of pyridine rings is 1. The number of imidazole rings is 1. The van der Waals surface area contributed by atoms with Crippen molar-refractivity contribution in [2.45, 2.75) is 82.3 Å². The summed E-state index contributed by atoms with van der Waals surface area (Å²) in [6.07, 6.45) is -2.69. The van der Waals surface area contributed by atoms with E-state index in [4.69, 9.17) is 4.98 Å². The van der Waals surface area contributed by atoms with Gasteiger partial charge in [0.05, 0.1) is 17.4 Å². The first kappa shape index (κ1) is 28.2. The third-order valence-corrected chi connectivity index (χ3v) is 9.35. The average molecular weight is 590 g/mol. The minimum absolute atomic E-state index is 0.0786. The van der Waals surface area contributed by atoms with Crippen molar-refractivity contribution in [1.29, 1.82) is 0 Å². The van der Waals surface area contributed by atoms with E-state index in [0.29, 0.717) is 35.8 Å². The molecule has 3 aromatic rings. The third kappa shape index (κ3) is 5.63. The van der Waals surface area contributed by atoms with Crippen LogP contribution in [0.15, 0.2) is 17.2 Å². The van der Waals surface area contributed by atoms with Crippen LogP contribution in [0.3, 0.4) is 0 Å². The van der Waals surface area contributed by atoms with E-state index in [1.165, 1.54) is 26.1 Å². The maximum Gasteiger partial charge on any atom is 0.291 e. The molecule has 5 rings (SSSR count). The van der Waals surface area contributed by atoms with Crippen LogP contribution in [0, 0.1) is 5.92 Å². The number of anilines is 1. The van der Waals surface area contributed by atoms with Gasteiger partial charge in [-0.05, 0) is 38.7 Å². The Hall–Kier alpha value is -2.36. The maximum atomic E-state index is 13.7. The maximum absolute atomic E-state index is 13.7. The quantitative estimate of drug-likeness (QED) is 0.356. The van der Waals surface area contributed by atoms with Crippen LogP contribution >= 0.6 is 11.3 Å². The van der Waals surface area contributed by atoms with Crippen LogP contribution in [0.1, 0.15) is 63.6 Å². The molecule has 39 heavy (non-hydrogen) atoms. The minimum atomic E-state index is -4.41. The molecule has 3 atom stereocenters. The Balaban J connectivity index is 1.73. The summed E-state index contributed by atoms with van der Waals surface area (Å²) in [5.74, 6) is -0.577. The highest BCUT2D eigenvalue weighted by Gasteiger charge is 2.36. The Labute approximate surface area is 228 Å². The van der Waals surface area contributed by atoms with Crippen LogP contribution in [0.4, 0.5) is 23.2 Å². The fourth-order valence-corrected chi connectivity index (χ4v) is 7.15. The van der Waals surface area contributed by atoms with E-state index >= 15 is 0 Å². The molecular weight excluding hydrogens is 558 g/mol. The van der Waals surface area contributed by atoms with Gasteiger partial charge in [-0.3, -0.25) is 4.40 Å². The smallest absolute Gasteiger partial charge is 0.291 e. The Morgan fingerprint density at radius 2 is 1.77 bits per heavy atom. The Morgan fingerprint density at radius 3 is 2.31 bits per heavy atom. The third-order valence-electron chi connectivity index (χ3n) is 6.99. The van der Waals surface area contributed by atoms with Crippen LogP contribution in [0.5, 0.6) is 0 Å². The number of nitrogens with zero attached hydrogens (tertiary/aromatic N) is 5. The normalized spacial score (nSPS) is 21.6. The van der Waals surface area contributed by atoms with Crippen molar-refractivity contribution in [2.24, 2.45) is 5.92 Å². The fraction of sp³-hybridized carbons (Fsp3) is 0.625. The molecule has 15 heteroatoms. The van der Waals surface area contributed by atoms with Gasteiger partial charge in [-0.2, -0.15) is 0 Å². The summed E-state index contributed by atoms with van der Waals surface area (Å²) in [6.45, 7) is 8.16. The number of alkyl halides is 4. The molecule has 0 aromatic carbocycles. The lowest BCUT2D eigenvalue weighted by Gasteiger charge is -2.37. The molecule has 214 valence electrons. The minimum Gasteiger partial charge on any atom is -0.365 e. The van der Waals surface area contributed by atoms with Crippen molar-refractivity contribution in [1.82, 2.24) is 29.6 Å². The molecule has 3 aromatic heterocycles. The highest BCUT2D eigenvalue weighted by molar-refractivity contribution is 7.89. The molecule has 2 N–H and O–H groups in total. The zero-order valence-electron chi connectivity index (χ0n) is 21.9. The zero-order valence-corrected chi connectivity index (χ0v) is 23.5.